The van der Waals surface area contributed by atoms with Crippen molar-refractivity contribution in [2.24, 2.45) is 0 Å². The Labute approximate surface area is 191 Å². The summed E-state index contributed by atoms with van der Waals surface area (Å²) in [5.74, 6) is 1.99. The van der Waals surface area contributed by atoms with Gasteiger partial charge in [-0.2, -0.15) is 11.3 Å². The van der Waals surface area contributed by atoms with Crippen LogP contribution >= 0.6 is 11.3 Å². The highest BCUT2D eigenvalue weighted by atomic mass is 32.1. The molecule has 162 valence electrons. The maximum Gasteiger partial charge on any atom is 0.330 e. The molecule has 0 spiro atoms. The highest BCUT2D eigenvalue weighted by Gasteiger charge is 2.16. The molecule has 32 heavy (non-hydrogen) atoms. The van der Waals surface area contributed by atoms with Crippen LogP contribution < -0.4 is 9.47 Å². The van der Waals surface area contributed by atoms with Gasteiger partial charge in [-0.25, -0.2) is 4.79 Å². The van der Waals surface area contributed by atoms with Crippen LogP contribution in [0.25, 0.3) is 28.0 Å². The molecule has 0 amide bonds. The first-order valence-corrected chi connectivity index (χ1v) is 11.3. The van der Waals surface area contributed by atoms with Crippen LogP contribution in [0.1, 0.15) is 18.1 Å². The molecule has 0 fully saturated rings. The van der Waals surface area contributed by atoms with Gasteiger partial charge in [0, 0.05) is 17.0 Å². The Kier molecular flexibility index (Phi) is 6.57. The van der Waals surface area contributed by atoms with Gasteiger partial charge in [0.1, 0.15) is 17.2 Å². The summed E-state index contributed by atoms with van der Waals surface area (Å²) in [5, 5.41) is 6.28. The fraction of sp³-hybridized carbons (Fsp3) is 0.148. The summed E-state index contributed by atoms with van der Waals surface area (Å²) in [5.41, 5.74) is 4.24. The second-order valence-corrected chi connectivity index (χ2v) is 8.03. The fourth-order valence-electron chi connectivity index (χ4n) is 3.60. The molecule has 0 bridgehead atoms. The number of esters is 1. The standard InChI is InChI=1S/C27H24O4S/c1-4-30-25(28)12-7-19-5-8-22(9-6-19)31-27-24-11-10-23(29-3)16-21(24)15-18(2)26(27)20-13-14-32-17-20/h5-17H,4H2,1-3H3/b12-7+. The molecule has 0 atom stereocenters. The summed E-state index contributed by atoms with van der Waals surface area (Å²) >= 11 is 1.66. The van der Waals surface area contributed by atoms with E-state index in [0.29, 0.717) is 6.61 Å². The van der Waals surface area contributed by atoms with Crippen LogP contribution in [0.5, 0.6) is 17.2 Å². The molecule has 4 rings (SSSR count). The van der Waals surface area contributed by atoms with Gasteiger partial charge in [0.25, 0.3) is 0 Å². The Morgan fingerprint density at radius 2 is 1.81 bits per heavy atom. The lowest BCUT2D eigenvalue weighted by molar-refractivity contribution is -0.137. The Morgan fingerprint density at radius 3 is 2.50 bits per heavy atom. The lowest BCUT2D eigenvalue weighted by atomic mass is 9.96. The van der Waals surface area contributed by atoms with Gasteiger partial charge >= 0.3 is 5.97 Å². The molecule has 4 nitrogen and oxygen atoms in total. The van der Waals surface area contributed by atoms with Crippen molar-refractivity contribution in [2.75, 3.05) is 13.7 Å². The maximum atomic E-state index is 11.5. The maximum absolute atomic E-state index is 11.5. The lowest BCUT2D eigenvalue weighted by Crippen LogP contribution is -1.98. The number of hydrogen-bond donors (Lipinski definition) is 0. The largest absolute Gasteiger partial charge is 0.497 e. The number of fused-ring (bicyclic) bond motifs is 1. The molecule has 0 aliphatic rings. The number of methoxy groups -OCH3 is 1. The topological polar surface area (TPSA) is 44.8 Å². The number of hydrogen-bond acceptors (Lipinski definition) is 5. The van der Waals surface area contributed by atoms with Gasteiger partial charge in [-0.3, -0.25) is 0 Å². The Hall–Kier alpha value is -3.57. The zero-order chi connectivity index (χ0) is 22.5. The van der Waals surface area contributed by atoms with Crippen molar-refractivity contribution in [2.45, 2.75) is 13.8 Å². The first-order valence-electron chi connectivity index (χ1n) is 10.4. The molecule has 3 aromatic carbocycles. The number of benzene rings is 3. The lowest BCUT2D eigenvalue weighted by Gasteiger charge is -2.17. The molecule has 4 aromatic rings. The molecule has 0 aliphatic carbocycles. The molecular weight excluding hydrogens is 420 g/mol. The van der Waals surface area contributed by atoms with Crippen LogP contribution in [-0.2, 0) is 9.53 Å². The summed E-state index contributed by atoms with van der Waals surface area (Å²) in [4.78, 5) is 11.5. The van der Waals surface area contributed by atoms with Crippen molar-refractivity contribution in [3.63, 3.8) is 0 Å². The molecule has 0 N–H and O–H groups in total. The second-order valence-electron chi connectivity index (χ2n) is 7.25. The van der Waals surface area contributed by atoms with E-state index in [-0.39, 0.29) is 5.97 Å². The van der Waals surface area contributed by atoms with E-state index in [4.69, 9.17) is 14.2 Å². The molecule has 1 heterocycles. The summed E-state index contributed by atoms with van der Waals surface area (Å²) in [6, 6.07) is 17.9. The monoisotopic (exact) mass is 444 g/mol. The highest BCUT2D eigenvalue weighted by molar-refractivity contribution is 7.08. The zero-order valence-electron chi connectivity index (χ0n) is 18.3. The van der Waals surface area contributed by atoms with E-state index in [0.717, 1.165) is 50.3 Å². The van der Waals surface area contributed by atoms with Crippen molar-refractivity contribution in [3.05, 3.63) is 82.6 Å². The molecule has 5 heteroatoms. The van der Waals surface area contributed by atoms with Gasteiger partial charge in [0.2, 0.25) is 0 Å². The average Bonchev–Trinajstić information content (AvgIpc) is 3.32. The normalized spacial score (nSPS) is 11.1. The third kappa shape index (κ3) is 4.68. The smallest absolute Gasteiger partial charge is 0.330 e. The van der Waals surface area contributed by atoms with Gasteiger partial charge in [-0.1, -0.05) is 18.2 Å². The third-order valence-electron chi connectivity index (χ3n) is 5.11. The number of rotatable bonds is 7. The number of aryl methyl sites for hydroxylation is 1. The summed E-state index contributed by atoms with van der Waals surface area (Å²) in [6.07, 6.45) is 3.16. The van der Waals surface area contributed by atoms with Gasteiger partial charge in [0.05, 0.1) is 13.7 Å². The first kappa shape index (κ1) is 21.7. The minimum absolute atomic E-state index is 0.352. The summed E-state index contributed by atoms with van der Waals surface area (Å²) in [7, 11) is 1.67. The third-order valence-corrected chi connectivity index (χ3v) is 5.79. The highest BCUT2D eigenvalue weighted by Crippen LogP contribution is 2.43. The minimum atomic E-state index is -0.352. The Balaban J connectivity index is 1.73. The molecule has 1 aromatic heterocycles. The second kappa shape index (κ2) is 9.71. The van der Waals surface area contributed by atoms with E-state index < -0.39 is 0 Å². The van der Waals surface area contributed by atoms with Gasteiger partial charge in [-0.05, 0) is 89.2 Å². The predicted octanol–water partition coefficient (Wildman–Crippen LogP) is 7.25. The SMILES string of the molecule is CCOC(=O)/C=C/c1ccc(Oc2c(-c3ccsc3)c(C)cc3cc(OC)ccc23)cc1. The molecular formula is C27H24O4S. The Morgan fingerprint density at radius 1 is 1.03 bits per heavy atom. The summed E-state index contributed by atoms with van der Waals surface area (Å²) in [6.45, 7) is 4.24. The van der Waals surface area contributed by atoms with Crippen molar-refractivity contribution >= 4 is 34.2 Å². The van der Waals surface area contributed by atoms with Crippen LogP contribution in [0.2, 0.25) is 0 Å². The fourth-order valence-corrected chi connectivity index (χ4v) is 4.25. The van der Waals surface area contributed by atoms with Crippen molar-refractivity contribution < 1.29 is 19.0 Å². The van der Waals surface area contributed by atoms with E-state index in [1.54, 1.807) is 31.4 Å². The van der Waals surface area contributed by atoms with Gasteiger partial charge in [-0.15, -0.1) is 0 Å². The molecule has 0 radical (unpaired) electrons. The number of thiophene rings is 1. The van der Waals surface area contributed by atoms with Gasteiger partial charge in [0.15, 0.2) is 0 Å². The van der Waals surface area contributed by atoms with E-state index in [1.807, 2.05) is 42.5 Å². The van der Waals surface area contributed by atoms with Crippen LogP contribution in [0.3, 0.4) is 0 Å². The Bertz CT molecular complexity index is 1260. The predicted molar refractivity (Wildman–Crippen MR) is 131 cm³/mol. The van der Waals surface area contributed by atoms with Crippen molar-refractivity contribution in [1.29, 1.82) is 0 Å². The van der Waals surface area contributed by atoms with E-state index >= 15 is 0 Å². The van der Waals surface area contributed by atoms with Crippen molar-refractivity contribution in [3.8, 4) is 28.4 Å². The number of carbonyl (C=O) groups is 1. The van der Waals surface area contributed by atoms with E-state index in [2.05, 4.69) is 29.8 Å². The number of carbonyl (C=O) groups excluding carboxylic acids is 1. The molecule has 0 saturated heterocycles. The van der Waals surface area contributed by atoms with E-state index in [9.17, 15) is 4.79 Å². The quantitative estimate of drug-likeness (QED) is 0.222. The number of ether oxygens (including phenoxy) is 3. The average molecular weight is 445 g/mol. The van der Waals surface area contributed by atoms with Crippen LogP contribution in [0.15, 0.2) is 71.4 Å². The minimum Gasteiger partial charge on any atom is -0.497 e. The zero-order valence-corrected chi connectivity index (χ0v) is 19.1. The van der Waals surface area contributed by atoms with Crippen LogP contribution in [0, 0.1) is 6.92 Å². The summed E-state index contributed by atoms with van der Waals surface area (Å²) < 4.78 is 16.8. The van der Waals surface area contributed by atoms with E-state index in [1.165, 1.54) is 6.08 Å². The van der Waals surface area contributed by atoms with Crippen LogP contribution in [0.4, 0.5) is 0 Å². The molecule has 0 unspecified atom stereocenters. The first-order chi connectivity index (χ1) is 15.6. The van der Waals surface area contributed by atoms with Crippen LogP contribution in [-0.4, -0.2) is 19.7 Å². The molecule has 0 aliphatic heterocycles. The van der Waals surface area contributed by atoms with Crippen molar-refractivity contribution in [1.82, 2.24) is 0 Å². The van der Waals surface area contributed by atoms with Gasteiger partial charge < -0.3 is 14.2 Å². The molecule has 0 saturated carbocycles.